The summed E-state index contributed by atoms with van der Waals surface area (Å²) in [5.41, 5.74) is 1.60. The van der Waals surface area contributed by atoms with Crippen LogP contribution in [0.4, 0.5) is 0 Å². The zero-order valence-corrected chi connectivity index (χ0v) is 15.1. The van der Waals surface area contributed by atoms with Crippen LogP contribution in [0.3, 0.4) is 0 Å². The van der Waals surface area contributed by atoms with Crippen LogP contribution >= 0.6 is 11.6 Å². The third-order valence-electron chi connectivity index (χ3n) is 4.66. The van der Waals surface area contributed by atoms with Gasteiger partial charge in [-0.15, -0.1) is 0 Å². The van der Waals surface area contributed by atoms with Gasteiger partial charge in [0.05, 0.1) is 12.2 Å². The van der Waals surface area contributed by atoms with Gasteiger partial charge in [-0.3, -0.25) is 0 Å². The maximum absolute atomic E-state index is 13.1. The third kappa shape index (κ3) is 3.43. The van der Waals surface area contributed by atoms with E-state index >= 15 is 0 Å². The van der Waals surface area contributed by atoms with Crippen LogP contribution in [0.1, 0.15) is 30.1 Å². The van der Waals surface area contributed by atoms with E-state index in [1.165, 1.54) is 4.68 Å². The van der Waals surface area contributed by atoms with E-state index in [9.17, 15) is 4.79 Å². The molecule has 1 aromatic carbocycles. The molecular weight excluding hydrogens is 350 g/mol. The van der Waals surface area contributed by atoms with Crippen molar-refractivity contribution in [2.24, 2.45) is 0 Å². The Morgan fingerprint density at radius 3 is 2.73 bits per heavy atom. The number of nitrogens with one attached hydrogen (secondary N) is 1. The van der Waals surface area contributed by atoms with E-state index < -0.39 is 0 Å². The number of hydrogen-bond acceptors (Lipinski definition) is 4. The lowest BCUT2D eigenvalue weighted by molar-refractivity contribution is 0.439. The molecule has 26 heavy (non-hydrogen) atoms. The molecule has 1 unspecified atom stereocenters. The molecule has 3 heterocycles. The number of nitrogens with zero attached hydrogens (tertiary/aromatic N) is 4. The standard InChI is InChI=1S/C19H20ClN5O/c20-17-9-8-14(11-22-17)13-24-19(26)25(16-6-2-1-3-7-16)18(23-24)15-5-4-10-21-12-15/h1-3,6-9,11,15,21H,4-5,10,12-13H2. The molecule has 0 saturated carbocycles. The first kappa shape index (κ1) is 17.0. The largest absolute Gasteiger partial charge is 0.350 e. The molecule has 0 spiro atoms. The van der Waals surface area contributed by atoms with Crippen LogP contribution in [0.15, 0.2) is 53.5 Å². The van der Waals surface area contributed by atoms with Gasteiger partial charge in [0.25, 0.3) is 0 Å². The lowest BCUT2D eigenvalue weighted by Crippen LogP contribution is -2.31. The van der Waals surface area contributed by atoms with Crippen molar-refractivity contribution < 1.29 is 0 Å². The summed E-state index contributed by atoms with van der Waals surface area (Å²) in [7, 11) is 0. The summed E-state index contributed by atoms with van der Waals surface area (Å²) < 4.78 is 3.25. The lowest BCUT2D eigenvalue weighted by Gasteiger charge is -2.22. The van der Waals surface area contributed by atoms with Crippen molar-refractivity contribution in [2.45, 2.75) is 25.3 Å². The highest BCUT2D eigenvalue weighted by atomic mass is 35.5. The number of para-hydroxylation sites is 1. The molecule has 2 aromatic heterocycles. The van der Waals surface area contributed by atoms with Crippen molar-refractivity contribution in [1.29, 1.82) is 0 Å². The van der Waals surface area contributed by atoms with E-state index in [0.717, 1.165) is 43.0 Å². The van der Waals surface area contributed by atoms with Crippen LogP contribution in [-0.4, -0.2) is 32.4 Å². The molecule has 4 rings (SSSR count). The predicted octanol–water partition coefficient (Wildman–Crippen LogP) is 2.60. The monoisotopic (exact) mass is 369 g/mol. The Kier molecular flexibility index (Phi) is 4.86. The van der Waals surface area contributed by atoms with Gasteiger partial charge in [0.15, 0.2) is 0 Å². The second kappa shape index (κ2) is 7.43. The Morgan fingerprint density at radius 2 is 2.04 bits per heavy atom. The Labute approximate surface area is 156 Å². The molecule has 1 atom stereocenters. The number of rotatable bonds is 4. The number of piperidine rings is 1. The Morgan fingerprint density at radius 1 is 1.19 bits per heavy atom. The van der Waals surface area contributed by atoms with Gasteiger partial charge in [-0.2, -0.15) is 5.10 Å². The van der Waals surface area contributed by atoms with Crippen molar-refractivity contribution in [1.82, 2.24) is 24.6 Å². The van der Waals surface area contributed by atoms with Crippen LogP contribution in [0.5, 0.6) is 0 Å². The minimum absolute atomic E-state index is 0.133. The molecule has 3 aromatic rings. The molecule has 0 radical (unpaired) electrons. The average Bonchev–Trinajstić information content (AvgIpc) is 3.01. The molecule has 0 amide bonds. The summed E-state index contributed by atoms with van der Waals surface area (Å²) in [6.07, 6.45) is 3.79. The first-order valence-electron chi connectivity index (χ1n) is 8.79. The molecule has 1 fully saturated rings. The molecule has 6 nitrogen and oxygen atoms in total. The Balaban J connectivity index is 1.76. The van der Waals surface area contributed by atoms with Crippen LogP contribution in [0.2, 0.25) is 5.15 Å². The average molecular weight is 370 g/mol. The molecule has 0 aliphatic carbocycles. The summed E-state index contributed by atoms with van der Waals surface area (Å²) in [6, 6.07) is 13.3. The minimum atomic E-state index is -0.133. The van der Waals surface area contributed by atoms with E-state index in [4.69, 9.17) is 16.7 Å². The van der Waals surface area contributed by atoms with Gasteiger partial charge in [-0.1, -0.05) is 35.9 Å². The highest BCUT2D eigenvalue weighted by Crippen LogP contribution is 2.23. The van der Waals surface area contributed by atoms with E-state index in [2.05, 4.69) is 10.3 Å². The smallest absolute Gasteiger partial charge is 0.316 e. The highest BCUT2D eigenvalue weighted by Gasteiger charge is 2.24. The Bertz CT molecular complexity index is 927. The zero-order valence-electron chi connectivity index (χ0n) is 14.3. The maximum atomic E-state index is 13.1. The quantitative estimate of drug-likeness (QED) is 0.718. The van der Waals surface area contributed by atoms with E-state index in [1.807, 2.05) is 36.4 Å². The van der Waals surface area contributed by atoms with Crippen LogP contribution in [0.25, 0.3) is 5.69 Å². The molecule has 1 saturated heterocycles. The maximum Gasteiger partial charge on any atom is 0.350 e. The molecule has 7 heteroatoms. The molecule has 1 aliphatic heterocycles. The number of pyridine rings is 1. The first-order chi connectivity index (χ1) is 12.7. The second-order valence-electron chi connectivity index (χ2n) is 6.50. The summed E-state index contributed by atoms with van der Waals surface area (Å²) in [5.74, 6) is 1.04. The number of aromatic nitrogens is 4. The number of benzene rings is 1. The van der Waals surface area contributed by atoms with Gasteiger partial charge in [-0.25, -0.2) is 19.0 Å². The van der Waals surface area contributed by atoms with E-state index in [0.29, 0.717) is 11.7 Å². The first-order valence-corrected chi connectivity index (χ1v) is 9.16. The van der Waals surface area contributed by atoms with Crippen molar-refractivity contribution in [3.05, 3.63) is 75.7 Å². The van der Waals surface area contributed by atoms with Crippen molar-refractivity contribution in [2.75, 3.05) is 13.1 Å². The van der Waals surface area contributed by atoms with Crippen molar-refractivity contribution in [3.63, 3.8) is 0 Å². The van der Waals surface area contributed by atoms with Gasteiger partial charge in [-0.05, 0) is 43.1 Å². The molecule has 1 N–H and O–H groups in total. The fourth-order valence-corrected chi connectivity index (χ4v) is 3.47. The van der Waals surface area contributed by atoms with Gasteiger partial charge in [0.1, 0.15) is 11.0 Å². The Hall–Kier alpha value is -2.44. The number of halogens is 1. The fraction of sp³-hybridized carbons (Fsp3) is 0.316. The third-order valence-corrected chi connectivity index (χ3v) is 4.89. The van der Waals surface area contributed by atoms with Crippen LogP contribution in [0, 0.1) is 0 Å². The van der Waals surface area contributed by atoms with Gasteiger partial charge in [0, 0.05) is 18.7 Å². The van der Waals surface area contributed by atoms with Gasteiger partial charge in [0.2, 0.25) is 0 Å². The number of hydrogen-bond donors (Lipinski definition) is 1. The molecule has 134 valence electrons. The highest BCUT2D eigenvalue weighted by molar-refractivity contribution is 6.29. The minimum Gasteiger partial charge on any atom is -0.316 e. The van der Waals surface area contributed by atoms with Crippen LogP contribution in [-0.2, 0) is 6.54 Å². The van der Waals surface area contributed by atoms with Crippen LogP contribution < -0.4 is 11.0 Å². The summed E-state index contributed by atoms with van der Waals surface area (Å²) >= 11 is 5.85. The molecule has 0 bridgehead atoms. The summed E-state index contributed by atoms with van der Waals surface area (Å²) in [4.78, 5) is 17.2. The van der Waals surface area contributed by atoms with Gasteiger partial charge < -0.3 is 5.32 Å². The summed E-state index contributed by atoms with van der Waals surface area (Å²) in [5, 5.41) is 8.54. The fourth-order valence-electron chi connectivity index (χ4n) is 3.36. The van der Waals surface area contributed by atoms with Crippen molar-refractivity contribution in [3.8, 4) is 5.69 Å². The second-order valence-corrected chi connectivity index (χ2v) is 6.89. The molecular formula is C19H20ClN5O. The SMILES string of the molecule is O=c1n(Cc2ccc(Cl)nc2)nc(C2CCCNC2)n1-c1ccccc1. The topological polar surface area (TPSA) is 64.7 Å². The summed E-state index contributed by atoms with van der Waals surface area (Å²) in [6.45, 7) is 2.23. The normalized spacial score (nSPS) is 17.3. The van der Waals surface area contributed by atoms with E-state index in [-0.39, 0.29) is 11.6 Å². The molecule has 1 aliphatic rings. The lowest BCUT2D eigenvalue weighted by atomic mass is 9.99. The zero-order chi connectivity index (χ0) is 17.9. The van der Waals surface area contributed by atoms with Gasteiger partial charge >= 0.3 is 5.69 Å². The van der Waals surface area contributed by atoms with Crippen molar-refractivity contribution >= 4 is 11.6 Å². The predicted molar refractivity (Wildman–Crippen MR) is 101 cm³/mol. The van der Waals surface area contributed by atoms with E-state index in [1.54, 1.807) is 16.8 Å².